The summed E-state index contributed by atoms with van der Waals surface area (Å²) < 4.78 is 0. The quantitative estimate of drug-likeness (QED) is 0.265. The van der Waals surface area contributed by atoms with Gasteiger partial charge in [-0.1, -0.05) is 92.7 Å². The van der Waals surface area contributed by atoms with Crippen LogP contribution in [0.15, 0.2) is 84.9 Å². The molecule has 3 rings (SSSR count). The van der Waals surface area contributed by atoms with Crippen molar-refractivity contribution in [1.82, 2.24) is 0 Å². The minimum atomic E-state index is -0.802. The average molecular weight is 402 g/mol. The maximum Gasteiger partial charge on any atom is 0.373 e. The first-order valence-corrected chi connectivity index (χ1v) is 10.0. The molecule has 0 saturated carbocycles. The first-order chi connectivity index (χ1) is 14.4. The van der Waals surface area contributed by atoms with E-state index in [1.165, 1.54) is 0 Å². The highest BCUT2D eigenvalue weighted by Gasteiger charge is 2.32. The Kier molecular flexibility index (Phi) is 6.80. The van der Waals surface area contributed by atoms with Crippen LogP contribution in [0.5, 0.6) is 0 Å². The molecule has 154 valence electrons. The minimum absolute atomic E-state index is 0.173. The van der Waals surface area contributed by atoms with Crippen LogP contribution in [0, 0.1) is 5.92 Å². The Labute approximate surface area is 177 Å². The summed E-state index contributed by atoms with van der Waals surface area (Å²) in [5.41, 5.74) is 1.07. The van der Waals surface area contributed by atoms with Crippen LogP contribution in [-0.4, -0.2) is 11.8 Å². The van der Waals surface area contributed by atoms with Gasteiger partial charge in [-0.15, -0.1) is 0 Å². The molecule has 4 heteroatoms. The van der Waals surface area contributed by atoms with Gasteiger partial charge in [-0.2, -0.15) is 4.89 Å². The van der Waals surface area contributed by atoms with Crippen molar-refractivity contribution >= 4 is 11.8 Å². The van der Waals surface area contributed by atoms with E-state index in [9.17, 15) is 9.59 Å². The van der Waals surface area contributed by atoms with E-state index in [4.69, 9.17) is 9.78 Å². The minimum Gasteiger partial charge on any atom is -0.292 e. The summed E-state index contributed by atoms with van der Waals surface area (Å²) >= 11 is 0. The van der Waals surface area contributed by atoms with Crippen LogP contribution in [0.4, 0.5) is 0 Å². The molecular formula is C26H26O4. The van der Waals surface area contributed by atoms with E-state index in [0.29, 0.717) is 17.9 Å². The number of benzene rings is 3. The van der Waals surface area contributed by atoms with Gasteiger partial charge in [0.25, 0.3) is 0 Å². The predicted octanol–water partition coefficient (Wildman–Crippen LogP) is 5.97. The van der Waals surface area contributed by atoms with Crippen molar-refractivity contribution in [1.29, 1.82) is 0 Å². The molecule has 0 aromatic heterocycles. The van der Waals surface area contributed by atoms with E-state index in [-0.39, 0.29) is 16.9 Å². The molecule has 0 radical (unpaired) electrons. The Bertz CT molecular complexity index is 996. The highest BCUT2D eigenvalue weighted by Crippen LogP contribution is 2.33. The summed E-state index contributed by atoms with van der Waals surface area (Å²) in [6.45, 7) is 6.07. The van der Waals surface area contributed by atoms with Crippen molar-refractivity contribution in [3.63, 3.8) is 0 Å². The maximum absolute atomic E-state index is 12.9. The summed E-state index contributed by atoms with van der Waals surface area (Å²) in [6, 6.07) is 25.1. The lowest BCUT2D eigenvalue weighted by molar-refractivity contribution is -0.321. The van der Waals surface area contributed by atoms with Crippen molar-refractivity contribution in [2.75, 3.05) is 0 Å². The lowest BCUT2D eigenvalue weighted by Gasteiger charge is -2.29. The van der Waals surface area contributed by atoms with Gasteiger partial charge in [-0.05, 0) is 30.9 Å². The largest absolute Gasteiger partial charge is 0.373 e. The monoisotopic (exact) mass is 402 g/mol. The lowest BCUT2D eigenvalue weighted by atomic mass is 9.87. The molecule has 4 nitrogen and oxygen atoms in total. The fourth-order valence-electron chi connectivity index (χ4n) is 3.55. The first kappa shape index (κ1) is 21.5. The number of hydrogen-bond donors (Lipinski definition) is 0. The van der Waals surface area contributed by atoms with Crippen LogP contribution >= 0.6 is 0 Å². The zero-order valence-electron chi connectivity index (χ0n) is 17.5. The summed E-state index contributed by atoms with van der Waals surface area (Å²) in [5.74, 6) is -0.613. The molecule has 0 fully saturated rings. The smallest absolute Gasteiger partial charge is 0.292 e. The van der Waals surface area contributed by atoms with E-state index in [2.05, 4.69) is 13.8 Å². The molecule has 0 amide bonds. The van der Waals surface area contributed by atoms with Crippen LogP contribution in [-0.2, 0) is 15.4 Å². The molecule has 1 atom stereocenters. The van der Waals surface area contributed by atoms with Gasteiger partial charge in [0.05, 0.1) is 5.56 Å². The van der Waals surface area contributed by atoms with Gasteiger partial charge >= 0.3 is 5.97 Å². The Morgan fingerprint density at radius 3 is 1.93 bits per heavy atom. The van der Waals surface area contributed by atoms with Crippen LogP contribution in [0.2, 0.25) is 0 Å². The lowest BCUT2D eigenvalue weighted by Crippen LogP contribution is -2.29. The number of hydrogen-bond acceptors (Lipinski definition) is 4. The molecule has 0 aliphatic rings. The normalized spacial score (nSPS) is 12.9. The predicted molar refractivity (Wildman–Crippen MR) is 116 cm³/mol. The van der Waals surface area contributed by atoms with E-state index in [0.717, 1.165) is 5.56 Å². The molecule has 0 aliphatic heterocycles. The first-order valence-electron chi connectivity index (χ1n) is 10.0. The van der Waals surface area contributed by atoms with Crippen molar-refractivity contribution in [2.24, 2.45) is 5.92 Å². The Morgan fingerprint density at radius 1 is 0.800 bits per heavy atom. The molecule has 1 unspecified atom stereocenters. The summed E-state index contributed by atoms with van der Waals surface area (Å²) in [7, 11) is 0. The molecule has 0 bridgehead atoms. The molecule has 0 heterocycles. The van der Waals surface area contributed by atoms with Crippen LogP contribution in [0.3, 0.4) is 0 Å². The van der Waals surface area contributed by atoms with E-state index >= 15 is 0 Å². The Morgan fingerprint density at radius 2 is 1.33 bits per heavy atom. The van der Waals surface area contributed by atoms with Gasteiger partial charge in [0.15, 0.2) is 5.78 Å². The van der Waals surface area contributed by atoms with Crippen molar-refractivity contribution in [3.05, 3.63) is 107 Å². The second kappa shape index (κ2) is 9.51. The zero-order valence-corrected chi connectivity index (χ0v) is 17.5. The topological polar surface area (TPSA) is 52.6 Å². The Balaban J connectivity index is 1.83. The molecule has 3 aromatic carbocycles. The zero-order chi connectivity index (χ0) is 21.6. The molecule has 30 heavy (non-hydrogen) atoms. The third kappa shape index (κ3) is 5.02. The van der Waals surface area contributed by atoms with Gasteiger partial charge in [-0.3, -0.25) is 9.68 Å². The second-order valence-electron chi connectivity index (χ2n) is 7.89. The SMILES string of the molecule is CC(C)CC(C)(OOC(=O)c1ccccc1C(=O)c1ccccc1)c1ccccc1. The fourth-order valence-corrected chi connectivity index (χ4v) is 3.55. The number of carbonyl (C=O) groups is 2. The molecule has 3 aromatic rings. The van der Waals surface area contributed by atoms with E-state index in [1.54, 1.807) is 48.5 Å². The molecule has 0 aliphatic carbocycles. The molecule has 0 saturated heterocycles. The van der Waals surface area contributed by atoms with Crippen molar-refractivity contribution in [2.45, 2.75) is 32.8 Å². The third-order valence-electron chi connectivity index (χ3n) is 4.91. The second-order valence-corrected chi connectivity index (χ2v) is 7.89. The van der Waals surface area contributed by atoms with E-state index in [1.807, 2.05) is 43.3 Å². The summed E-state index contributed by atoms with van der Waals surface area (Å²) in [5, 5.41) is 0. The van der Waals surface area contributed by atoms with Crippen LogP contribution in [0.25, 0.3) is 0 Å². The summed E-state index contributed by atoms with van der Waals surface area (Å²) in [4.78, 5) is 36.8. The number of ketones is 1. The maximum atomic E-state index is 12.9. The van der Waals surface area contributed by atoms with Crippen LogP contribution in [0.1, 0.15) is 59.0 Å². The summed E-state index contributed by atoms with van der Waals surface area (Å²) in [6.07, 6.45) is 0.662. The molecule has 0 N–H and O–H groups in total. The van der Waals surface area contributed by atoms with Crippen molar-refractivity contribution in [3.8, 4) is 0 Å². The van der Waals surface area contributed by atoms with Gasteiger partial charge < -0.3 is 0 Å². The van der Waals surface area contributed by atoms with Crippen molar-refractivity contribution < 1.29 is 19.4 Å². The van der Waals surface area contributed by atoms with Crippen LogP contribution < -0.4 is 0 Å². The standard InChI is InChI=1S/C26H26O4/c1-19(2)18-26(3,21-14-8-5-9-15-21)30-29-25(28)23-17-11-10-16-22(23)24(27)20-12-6-4-7-13-20/h4-17,19H,18H2,1-3H3. The number of rotatable bonds is 8. The highest BCUT2D eigenvalue weighted by molar-refractivity contribution is 6.14. The van der Waals surface area contributed by atoms with E-state index < -0.39 is 11.6 Å². The average Bonchev–Trinajstić information content (AvgIpc) is 2.78. The number of carbonyl (C=O) groups excluding carboxylic acids is 2. The molecular weight excluding hydrogens is 376 g/mol. The third-order valence-corrected chi connectivity index (χ3v) is 4.91. The Hall–Kier alpha value is -3.24. The molecule has 0 spiro atoms. The highest BCUT2D eigenvalue weighted by atomic mass is 17.2. The van der Waals surface area contributed by atoms with Gasteiger partial charge in [0, 0.05) is 11.1 Å². The van der Waals surface area contributed by atoms with Gasteiger partial charge in [0.1, 0.15) is 5.60 Å². The van der Waals surface area contributed by atoms with Gasteiger partial charge in [0.2, 0.25) is 0 Å². The fraction of sp³-hybridized carbons (Fsp3) is 0.231. The van der Waals surface area contributed by atoms with Gasteiger partial charge in [-0.25, -0.2) is 4.79 Å².